The van der Waals surface area contributed by atoms with Crippen molar-refractivity contribution in [3.05, 3.63) is 84.1 Å². The molecule has 0 radical (unpaired) electrons. The molecule has 1 saturated heterocycles. The summed E-state index contributed by atoms with van der Waals surface area (Å²) in [5.41, 5.74) is 13.1. The van der Waals surface area contributed by atoms with Crippen LogP contribution in [-0.2, 0) is 62.4 Å². The van der Waals surface area contributed by atoms with E-state index in [1.807, 2.05) is 18.2 Å². The van der Waals surface area contributed by atoms with Crippen LogP contribution < -0.4 is 48.7 Å². The molecule has 1 aliphatic rings. The first-order valence-corrected chi connectivity index (χ1v) is 26.2. The van der Waals surface area contributed by atoms with Gasteiger partial charge in [-0.05, 0) is 88.1 Å². The Morgan fingerprint density at radius 3 is 2.03 bits per heavy atom. The Morgan fingerprint density at radius 2 is 1.39 bits per heavy atom. The summed E-state index contributed by atoms with van der Waals surface area (Å²) >= 11 is 0. The molecule has 0 unspecified atom stereocenters. The summed E-state index contributed by atoms with van der Waals surface area (Å²) in [5, 5.41) is 57.2. The quantitative estimate of drug-likeness (QED) is 0.0177. The number of amides is 7. The molecule has 8 atom stereocenters. The van der Waals surface area contributed by atoms with Gasteiger partial charge in [0.1, 0.15) is 48.0 Å². The first-order valence-electron chi connectivity index (χ1n) is 26.2. The number of rotatable bonds is 29. The molecule has 1 aliphatic heterocycles. The van der Waals surface area contributed by atoms with Gasteiger partial charge in [-0.1, -0.05) is 44.2 Å². The number of hydrogen-bond acceptors (Lipinski definition) is 14. The number of aliphatic hydroxyl groups is 1. The maximum Gasteiger partial charge on any atom is 0.326 e. The zero-order valence-corrected chi connectivity index (χ0v) is 45.1. The van der Waals surface area contributed by atoms with E-state index in [2.05, 4.69) is 52.2 Å². The fraction of sp³-hybridized carbons (Fsp3) is 0.509. The van der Waals surface area contributed by atoms with E-state index in [-0.39, 0.29) is 75.7 Å². The SMILES string of the molecule is CC(C)C[C@H](NC(=O)[C@@H](COC(C)(C)C)NC(=O)[C@H](Cc1ccc(O)cc1)NC(=O)[C@H](CO)NC(=O)[C@H](Cc1c[nH]c2ccccc12)NC(=O)[C@@H](N)Cc1c[nH]cn1)C(=O)N[C@@H](CCCNC(=N)N)C(=O)N1CCC[C@H]1C(=O)O. The van der Waals surface area contributed by atoms with Crippen LogP contribution in [-0.4, -0.2) is 169 Å². The first-order chi connectivity index (χ1) is 37.4. The second-order valence-corrected chi connectivity index (χ2v) is 20.9. The zero-order chi connectivity index (χ0) is 58.0. The van der Waals surface area contributed by atoms with Gasteiger partial charge < -0.3 is 83.6 Å². The topological polar surface area (TPSA) is 414 Å². The van der Waals surface area contributed by atoms with Gasteiger partial charge >= 0.3 is 5.97 Å². The molecule has 3 heterocycles. The second-order valence-electron chi connectivity index (χ2n) is 20.9. The van der Waals surface area contributed by atoms with E-state index in [0.29, 0.717) is 23.2 Å². The van der Waals surface area contributed by atoms with Crippen LogP contribution in [0.5, 0.6) is 5.75 Å². The number of carboxylic acids is 1. The van der Waals surface area contributed by atoms with Crippen LogP contribution in [0.3, 0.4) is 0 Å². The fourth-order valence-electron chi connectivity index (χ4n) is 8.85. The fourth-order valence-corrected chi connectivity index (χ4v) is 8.85. The number of likely N-dealkylation sites (tertiary alicyclic amines) is 1. The van der Waals surface area contributed by atoms with Crippen LogP contribution in [0, 0.1) is 11.3 Å². The summed E-state index contributed by atoms with van der Waals surface area (Å²) in [6.07, 6.45) is 5.34. The van der Waals surface area contributed by atoms with Crippen LogP contribution in [0.25, 0.3) is 10.9 Å². The summed E-state index contributed by atoms with van der Waals surface area (Å²) in [6.45, 7) is 7.61. The lowest BCUT2D eigenvalue weighted by Gasteiger charge is -2.30. The van der Waals surface area contributed by atoms with Crippen molar-refractivity contribution >= 4 is 64.2 Å². The number of aromatic hydroxyl groups is 1. The Bertz CT molecular complexity index is 2730. The smallest absolute Gasteiger partial charge is 0.326 e. The standard InChI is InChI=1S/C53H76N14O12/c1-29(2)20-38(45(71)61-37(12-8-18-58-52(55)56)50(76)67-19-9-13-43(67)51(77)78)63-49(75)42(27-79-53(3,4)5)66-46(72)39(21-30-14-16-33(69)17-15-30)64-48(74)41(26-68)65-47(73)40(22-31-24-59-36-11-7-6-10-34(31)36)62-44(70)35(54)23-32-25-57-28-60-32/h6-7,10-11,14-17,24-25,28-29,35,37-43,59,68-69H,8-9,12-13,18-23,26-27,54H2,1-5H3,(H,57,60)(H,61,71)(H,62,70)(H,63,75)(H,64,74)(H,65,73)(H,66,72)(H,77,78)(H4,55,56,58)/t35-,37-,38-,39-,40-,41-,42+,43-/m0/s1. The van der Waals surface area contributed by atoms with Crippen molar-refractivity contribution in [1.82, 2.24) is 57.1 Å². The number of phenolic OH excluding ortho intramolecular Hbond substituents is 1. The number of guanidine groups is 1. The van der Waals surface area contributed by atoms with Gasteiger partial charge in [0.15, 0.2) is 5.96 Å². The minimum atomic E-state index is -1.71. The van der Waals surface area contributed by atoms with Crippen molar-refractivity contribution in [3.8, 4) is 5.75 Å². The van der Waals surface area contributed by atoms with Gasteiger partial charge in [0, 0.05) is 55.6 Å². The normalized spacial score (nSPS) is 16.1. The lowest BCUT2D eigenvalue weighted by molar-refractivity contribution is -0.149. The highest BCUT2D eigenvalue weighted by Crippen LogP contribution is 2.22. The molecule has 2 aromatic heterocycles. The molecule has 26 nitrogen and oxygen atoms in total. The molecule has 0 aliphatic carbocycles. The highest BCUT2D eigenvalue weighted by atomic mass is 16.5. The van der Waals surface area contributed by atoms with E-state index in [1.165, 1.54) is 35.5 Å². The van der Waals surface area contributed by atoms with Gasteiger partial charge in [-0.15, -0.1) is 0 Å². The molecule has 0 saturated carbocycles. The number of aliphatic hydroxyl groups excluding tert-OH is 1. The maximum absolute atomic E-state index is 14.6. The predicted molar refractivity (Wildman–Crippen MR) is 289 cm³/mol. The molecule has 5 rings (SSSR count). The Labute approximate surface area is 457 Å². The third-order valence-corrected chi connectivity index (χ3v) is 13.0. The van der Waals surface area contributed by atoms with Crippen molar-refractivity contribution in [2.75, 3.05) is 26.3 Å². The third kappa shape index (κ3) is 19.1. The molecule has 7 amide bonds. The van der Waals surface area contributed by atoms with Crippen LogP contribution in [0.4, 0.5) is 0 Å². The predicted octanol–water partition coefficient (Wildman–Crippen LogP) is -0.947. The molecule has 0 spiro atoms. The average Bonchev–Trinajstić information content (AvgIpc) is 4.26. The number of carbonyl (C=O) groups is 8. The van der Waals surface area contributed by atoms with Crippen LogP contribution in [0.1, 0.15) is 83.5 Å². The Balaban J connectivity index is 1.38. The van der Waals surface area contributed by atoms with E-state index >= 15 is 0 Å². The molecular weight excluding hydrogens is 1020 g/mol. The lowest BCUT2D eigenvalue weighted by atomic mass is 10.0. The van der Waals surface area contributed by atoms with Crippen LogP contribution >= 0.6 is 0 Å². The highest BCUT2D eigenvalue weighted by molar-refractivity contribution is 5.98. The van der Waals surface area contributed by atoms with E-state index in [1.54, 1.807) is 53.1 Å². The summed E-state index contributed by atoms with van der Waals surface area (Å²) in [7, 11) is 0. The van der Waals surface area contributed by atoms with Gasteiger partial charge in [-0.25, -0.2) is 9.78 Å². The third-order valence-electron chi connectivity index (χ3n) is 13.0. The Morgan fingerprint density at radius 1 is 0.797 bits per heavy atom. The van der Waals surface area contributed by atoms with E-state index in [0.717, 1.165) is 10.9 Å². The number of carboxylic acid groups (broad SMARTS) is 1. The molecule has 2 aromatic carbocycles. The summed E-state index contributed by atoms with van der Waals surface area (Å²) in [4.78, 5) is 123. The number of aliphatic carboxylic acids is 1. The monoisotopic (exact) mass is 1100 g/mol. The number of aromatic amines is 2. The van der Waals surface area contributed by atoms with Crippen molar-refractivity contribution in [1.29, 1.82) is 5.41 Å². The lowest BCUT2D eigenvalue weighted by Crippen LogP contribution is -2.62. The maximum atomic E-state index is 14.6. The minimum absolute atomic E-state index is 0.0210. The van der Waals surface area contributed by atoms with Crippen molar-refractivity contribution in [2.45, 2.75) is 140 Å². The number of H-pyrrole nitrogens is 2. The van der Waals surface area contributed by atoms with E-state index in [4.69, 9.17) is 21.6 Å². The summed E-state index contributed by atoms with van der Waals surface area (Å²) < 4.78 is 5.99. The highest BCUT2D eigenvalue weighted by Gasteiger charge is 2.39. The van der Waals surface area contributed by atoms with E-state index in [9.17, 15) is 53.7 Å². The number of hydrogen-bond donors (Lipinski definition) is 15. The van der Waals surface area contributed by atoms with Gasteiger partial charge in [-0.2, -0.15) is 0 Å². The minimum Gasteiger partial charge on any atom is -0.508 e. The van der Waals surface area contributed by atoms with E-state index < -0.39 is 114 Å². The number of aromatic nitrogens is 3. The number of ether oxygens (including phenoxy) is 1. The molecule has 79 heavy (non-hydrogen) atoms. The number of fused-ring (bicyclic) bond motifs is 1. The molecule has 17 N–H and O–H groups in total. The van der Waals surface area contributed by atoms with Crippen LogP contribution in [0.15, 0.2) is 67.3 Å². The molecular formula is C53H76N14O12. The molecule has 26 heteroatoms. The number of carbonyl (C=O) groups excluding carboxylic acids is 7. The van der Waals surface area contributed by atoms with Crippen molar-refractivity contribution in [2.24, 2.45) is 17.4 Å². The number of nitrogens with zero attached hydrogens (tertiary/aromatic N) is 2. The first kappa shape index (κ1) is 61.7. The van der Waals surface area contributed by atoms with Crippen molar-refractivity contribution < 1.29 is 58.4 Å². The largest absolute Gasteiger partial charge is 0.508 e. The Hall–Kier alpha value is -8.10. The summed E-state index contributed by atoms with van der Waals surface area (Å²) in [6, 6.07) is 2.09. The molecule has 0 bridgehead atoms. The zero-order valence-electron chi connectivity index (χ0n) is 45.1. The molecule has 1 fully saturated rings. The van der Waals surface area contributed by atoms with Gasteiger partial charge in [0.05, 0.1) is 36.9 Å². The Kier molecular flexibility index (Phi) is 22.7. The van der Waals surface area contributed by atoms with Gasteiger partial charge in [0.2, 0.25) is 41.4 Å². The number of nitrogens with one attached hydrogen (secondary N) is 10. The molecule has 4 aromatic rings. The number of benzene rings is 2. The number of nitrogens with two attached hydrogens (primary N) is 2. The summed E-state index contributed by atoms with van der Waals surface area (Å²) in [5.74, 6) is -7.66. The number of para-hydroxylation sites is 1. The van der Waals surface area contributed by atoms with Gasteiger partial charge in [0.25, 0.3) is 0 Å². The van der Waals surface area contributed by atoms with Crippen molar-refractivity contribution in [3.63, 3.8) is 0 Å². The number of phenols is 1. The second kappa shape index (κ2) is 29.0. The van der Waals surface area contributed by atoms with Crippen LogP contribution in [0.2, 0.25) is 0 Å². The number of imidazole rings is 1. The van der Waals surface area contributed by atoms with Gasteiger partial charge in [-0.3, -0.25) is 39.0 Å². The molecule has 430 valence electrons. The average molecular weight is 1100 g/mol.